The lowest BCUT2D eigenvalue weighted by atomic mass is 9.92. The Hall–Kier alpha value is -0.200. The fourth-order valence-corrected chi connectivity index (χ4v) is 0.990. The molecule has 0 aliphatic heterocycles. The Labute approximate surface area is 77.3 Å². The minimum atomic E-state index is -1.31. The molecule has 0 heterocycles. The molecule has 0 amide bonds. The third-order valence-electron chi connectivity index (χ3n) is 2.18. The smallest absolute Gasteiger partial charge is 0.106 e. The first-order valence-electron chi connectivity index (χ1n) is 4.25. The third kappa shape index (κ3) is 3.58. The lowest BCUT2D eigenvalue weighted by Gasteiger charge is -2.28. The monoisotopic (exact) mass is 194 g/mol. The molecule has 0 aromatic rings. The topological polar surface area (TPSA) is 101 Å². The van der Waals surface area contributed by atoms with E-state index >= 15 is 0 Å². The predicted molar refractivity (Wildman–Crippen MR) is 46.0 cm³/mol. The highest BCUT2D eigenvalue weighted by Crippen LogP contribution is 2.14. The molecule has 0 bridgehead atoms. The third-order valence-corrected chi connectivity index (χ3v) is 2.18. The van der Waals surface area contributed by atoms with Crippen LogP contribution in [0.2, 0.25) is 0 Å². The second-order valence-electron chi connectivity index (χ2n) is 3.33. The van der Waals surface area contributed by atoms with E-state index in [0.29, 0.717) is 0 Å². The van der Waals surface area contributed by atoms with Gasteiger partial charge in [-0.3, -0.25) is 0 Å². The molecule has 5 atom stereocenters. The lowest BCUT2D eigenvalue weighted by molar-refractivity contribution is -0.0994. The van der Waals surface area contributed by atoms with Crippen LogP contribution in [0, 0.1) is 5.92 Å². The molecule has 5 heteroatoms. The summed E-state index contributed by atoms with van der Waals surface area (Å²) in [5, 5.41) is 45.2. The Morgan fingerprint density at radius 1 is 0.923 bits per heavy atom. The summed E-state index contributed by atoms with van der Waals surface area (Å²) in [6, 6.07) is 0. The molecule has 0 aromatic heterocycles. The zero-order valence-electron chi connectivity index (χ0n) is 7.83. The molecule has 0 aliphatic carbocycles. The summed E-state index contributed by atoms with van der Waals surface area (Å²) in [6.07, 6.45) is -4.72. The van der Waals surface area contributed by atoms with E-state index < -0.39 is 36.9 Å². The van der Waals surface area contributed by atoms with E-state index in [0.717, 1.165) is 0 Å². The summed E-state index contributed by atoms with van der Waals surface area (Å²) in [6.45, 7) is 2.34. The lowest BCUT2D eigenvalue weighted by Crippen LogP contribution is -2.44. The van der Waals surface area contributed by atoms with Gasteiger partial charge in [-0.25, -0.2) is 0 Å². The molecule has 0 rings (SSSR count). The van der Waals surface area contributed by atoms with Crippen LogP contribution in [0.5, 0.6) is 0 Å². The molecular weight excluding hydrogens is 176 g/mol. The molecule has 0 fully saturated rings. The van der Waals surface area contributed by atoms with E-state index in [1.807, 2.05) is 0 Å². The first-order valence-corrected chi connectivity index (χ1v) is 4.25. The quantitative estimate of drug-likeness (QED) is 0.351. The van der Waals surface area contributed by atoms with Gasteiger partial charge in [0, 0.05) is 5.92 Å². The molecule has 0 saturated carbocycles. The van der Waals surface area contributed by atoms with E-state index in [1.165, 1.54) is 13.8 Å². The Bertz CT molecular complexity index is 138. The Morgan fingerprint density at radius 3 is 1.69 bits per heavy atom. The van der Waals surface area contributed by atoms with Gasteiger partial charge in [0.05, 0.1) is 24.9 Å². The minimum Gasteiger partial charge on any atom is -0.394 e. The van der Waals surface area contributed by atoms with Gasteiger partial charge in [0.25, 0.3) is 0 Å². The molecule has 0 spiro atoms. The van der Waals surface area contributed by atoms with Gasteiger partial charge >= 0.3 is 0 Å². The van der Waals surface area contributed by atoms with Gasteiger partial charge in [0.15, 0.2) is 0 Å². The van der Waals surface area contributed by atoms with Crippen LogP contribution in [0.15, 0.2) is 0 Å². The summed E-state index contributed by atoms with van der Waals surface area (Å²) < 4.78 is 0. The van der Waals surface area contributed by atoms with Crippen molar-refractivity contribution in [2.45, 2.75) is 38.3 Å². The van der Waals surface area contributed by atoms with Crippen molar-refractivity contribution in [3.05, 3.63) is 0 Å². The highest BCUT2D eigenvalue weighted by molar-refractivity contribution is 4.80. The van der Waals surface area contributed by atoms with Crippen LogP contribution in [-0.2, 0) is 0 Å². The van der Waals surface area contributed by atoms with E-state index in [9.17, 15) is 10.2 Å². The normalized spacial score (nSPS) is 23.3. The van der Waals surface area contributed by atoms with Gasteiger partial charge in [0.1, 0.15) is 6.10 Å². The first-order chi connectivity index (χ1) is 5.91. The number of aliphatic hydroxyl groups is 5. The number of aliphatic hydroxyl groups excluding tert-OH is 5. The van der Waals surface area contributed by atoms with Crippen LogP contribution in [0.3, 0.4) is 0 Å². The first kappa shape index (κ1) is 12.8. The summed E-state index contributed by atoms with van der Waals surface area (Å²) in [5.74, 6) is -0.686. The fraction of sp³-hybridized carbons (Fsp3) is 1.00. The van der Waals surface area contributed by atoms with E-state index in [1.54, 1.807) is 0 Å². The Morgan fingerprint density at radius 2 is 1.38 bits per heavy atom. The number of rotatable bonds is 5. The average molecular weight is 194 g/mol. The largest absolute Gasteiger partial charge is 0.394 e. The highest BCUT2D eigenvalue weighted by atomic mass is 16.4. The molecule has 5 nitrogen and oxygen atoms in total. The molecular formula is C8H18O5. The van der Waals surface area contributed by atoms with Crippen LogP contribution in [-0.4, -0.2) is 56.6 Å². The van der Waals surface area contributed by atoms with Crippen molar-refractivity contribution >= 4 is 0 Å². The van der Waals surface area contributed by atoms with Crippen molar-refractivity contribution in [1.29, 1.82) is 0 Å². The summed E-state index contributed by atoms with van der Waals surface area (Å²) in [4.78, 5) is 0. The van der Waals surface area contributed by atoms with Gasteiger partial charge in [-0.05, 0) is 6.92 Å². The van der Waals surface area contributed by atoms with Crippen molar-refractivity contribution in [3.63, 3.8) is 0 Å². The van der Waals surface area contributed by atoms with Crippen molar-refractivity contribution < 1.29 is 25.5 Å². The van der Waals surface area contributed by atoms with Crippen LogP contribution >= 0.6 is 0 Å². The maximum absolute atomic E-state index is 9.38. The van der Waals surface area contributed by atoms with Gasteiger partial charge in [-0.2, -0.15) is 0 Å². The van der Waals surface area contributed by atoms with Crippen molar-refractivity contribution in [1.82, 2.24) is 0 Å². The van der Waals surface area contributed by atoms with Gasteiger partial charge in [-0.15, -0.1) is 0 Å². The van der Waals surface area contributed by atoms with Crippen LogP contribution in [0.1, 0.15) is 13.8 Å². The highest BCUT2D eigenvalue weighted by Gasteiger charge is 2.30. The number of hydrogen-bond donors (Lipinski definition) is 5. The molecule has 0 aromatic carbocycles. The molecule has 0 saturated heterocycles. The molecule has 80 valence electrons. The molecule has 5 unspecified atom stereocenters. The molecule has 0 radical (unpaired) electrons. The minimum absolute atomic E-state index is 0.481. The van der Waals surface area contributed by atoms with Crippen molar-refractivity contribution in [2.75, 3.05) is 6.61 Å². The predicted octanol–water partition coefficient (Wildman–Crippen LogP) is -1.92. The average Bonchev–Trinajstić information content (AvgIpc) is 2.12. The maximum atomic E-state index is 9.38. The van der Waals surface area contributed by atoms with Crippen LogP contribution in [0.4, 0.5) is 0 Å². The molecule has 5 N–H and O–H groups in total. The van der Waals surface area contributed by atoms with E-state index in [4.69, 9.17) is 15.3 Å². The van der Waals surface area contributed by atoms with E-state index in [-0.39, 0.29) is 0 Å². The van der Waals surface area contributed by atoms with Crippen molar-refractivity contribution in [3.8, 4) is 0 Å². The summed E-state index contributed by atoms with van der Waals surface area (Å²) in [5.41, 5.74) is 0. The van der Waals surface area contributed by atoms with Gasteiger partial charge < -0.3 is 25.5 Å². The second kappa shape index (κ2) is 5.51. The standard InChI is InChI=1S/C8H18O5/c1-4(6(11)3-9)7(12)8(13)5(2)10/h4-13H,3H2,1-2H3. The Kier molecular flexibility index (Phi) is 5.43. The van der Waals surface area contributed by atoms with Gasteiger partial charge in [-0.1, -0.05) is 6.92 Å². The maximum Gasteiger partial charge on any atom is 0.106 e. The zero-order chi connectivity index (χ0) is 10.6. The second-order valence-corrected chi connectivity index (χ2v) is 3.33. The summed E-state index contributed by atoms with van der Waals surface area (Å²) in [7, 11) is 0. The zero-order valence-corrected chi connectivity index (χ0v) is 7.83. The fourth-order valence-electron chi connectivity index (χ4n) is 0.990. The molecule has 0 aliphatic rings. The number of hydrogen-bond acceptors (Lipinski definition) is 5. The van der Waals surface area contributed by atoms with E-state index in [2.05, 4.69) is 0 Å². The van der Waals surface area contributed by atoms with Crippen LogP contribution in [0.25, 0.3) is 0 Å². The van der Waals surface area contributed by atoms with Crippen LogP contribution < -0.4 is 0 Å². The Balaban J connectivity index is 4.15. The summed E-state index contributed by atoms with van der Waals surface area (Å²) >= 11 is 0. The molecule has 13 heavy (non-hydrogen) atoms. The van der Waals surface area contributed by atoms with Gasteiger partial charge in [0.2, 0.25) is 0 Å². The van der Waals surface area contributed by atoms with Crippen molar-refractivity contribution in [2.24, 2.45) is 5.92 Å². The SMILES string of the molecule is CC(O)C(O)C(O)C(C)C(O)CO.